The van der Waals surface area contributed by atoms with Gasteiger partial charge in [0, 0.05) is 11.4 Å². The lowest BCUT2D eigenvalue weighted by Gasteiger charge is -2.28. The van der Waals surface area contributed by atoms with Crippen molar-refractivity contribution in [2.45, 2.75) is 39.7 Å². The molecule has 0 amide bonds. The molecule has 1 unspecified atom stereocenters. The van der Waals surface area contributed by atoms with Gasteiger partial charge in [-0.1, -0.05) is 63.9 Å². The number of hydrogen-bond acceptors (Lipinski definition) is 1. The predicted molar refractivity (Wildman–Crippen MR) is 84.4 cm³/mol. The van der Waals surface area contributed by atoms with Crippen LogP contribution in [-0.2, 0) is 0 Å². The average Bonchev–Trinajstić information content (AvgIpc) is 2.48. The SMILES string of the molecule is CCNC(c1ccc(F)c2ccccc12)C(CC)CC. The summed E-state index contributed by atoms with van der Waals surface area (Å²) < 4.78 is 14.0. The van der Waals surface area contributed by atoms with Crippen molar-refractivity contribution in [2.24, 2.45) is 5.92 Å². The lowest BCUT2D eigenvalue weighted by atomic mass is 9.86. The summed E-state index contributed by atoms with van der Waals surface area (Å²) in [5.41, 5.74) is 1.22. The predicted octanol–water partition coefficient (Wildman–Crippen LogP) is 5.07. The van der Waals surface area contributed by atoms with E-state index in [9.17, 15) is 4.39 Å². The van der Waals surface area contributed by atoms with Crippen molar-refractivity contribution in [3.8, 4) is 0 Å². The van der Waals surface area contributed by atoms with Gasteiger partial charge in [-0.2, -0.15) is 0 Å². The van der Waals surface area contributed by atoms with Gasteiger partial charge in [-0.05, 0) is 29.5 Å². The first-order chi connectivity index (χ1) is 9.72. The highest BCUT2D eigenvalue weighted by Gasteiger charge is 2.21. The minimum atomic E-state index is -0.135. The largest absolute Gasteiger partial charge is 0.310 e. The second-order valence-corrected chi connectivity index (χ2v) is 5.29. The van der Waals surface area contributed by atoms with Gasteiger partial charge in [0.05, 0.1) is 0 Å². The van der Waals surface area contributed by atoms with Crippen LogP contribution in [0.3, 0.4) is 0 Å². The van der Waals surface area contributed by atoms with E-state index in [0.717, 1.165) is 30.2 Å². The van der Waals surface area contributed by atoms with E-state index < -0.39 is 0 Å². The number of fused-ring (bicyclic) bond motifs is 1. The standard InChI is InChI=1S/C18H24FN/c1-4-13(5-2)18(20-6-3)16-11-12-17(19)15-10-8-7-9-14(15)16/h7-13,18,20H,4-6H2,1-3H3. The molecule has 1 nitrogen and oxygen atoms in total. The summed E-state index contributed by atoms with van der Waals surface area (Å²) in [7, 11) is 0. The molecule has 2 rings (SSSR count). The van der Waals surface area contributed by atoms with Gasteiger partial charge < -0.3 is 5.32 Å². The lowest BCUT2D eigenvalue weighted by molar-refractivity contribution is 0.348. The lowest BCUT2D eigenvalue weighted by Crippen LogP contribution is -2.28. The van der Waals surface area contributed by atoms with Gasteiger partial charge in [-0.3, -0.25) is 0 Å². The molecule has 0 heterocycles. The molecule has 1 atom stereocenters. The monoisotopic (exact) mass is 273 g/mol. The molecule has 0 fully saturated rings. The zero-order valence-corrected chi connectivity index (χ0v) is 12.6. The van der Waals surface area contributed by atoms with Crippen molar-refractivity contribution in [1.82, 2.24) is 5.32 Å². The molecule has 0 aliphatic carbocycles. The second-order valence-electron chi connectivity index (χ2n) is 5.29. The minimum absolute atomic E-state index is 0.135. The van der Waals surface area contributed by atoms with Crippen LogP contribution >= 0.6 is 0 Å². The van der Waals surface area contributed by atoms with Gasteiger partial charge in [-0.15, -0.1) is 0 Å². The van der Waals surface area contributed by atoms with E-state index in [2.05, 4.69) is 26.1 Å². The number of halogens is 1. The van der Waals surface area contributed by atoms with Crippen molar-refractivity contribution in [2.75, 3.05) is 6.54 Å². The summed E-state index contributed by atoms with van der Waals surface area (Å²) in [5.74, 6) is 0.438. The van der Waals surface area contributed by atoms with E-state index in [1.54, 1.807) is 6.07 Å². The molecule has 0 saturated heterocycles. The number of hydrogen-bond donors (Lipinski definition) is 1. The Morgan fingerprint density at radius 3 is 2.20 bits per heavy atom. The zero-order chi connectivity index (χ0) is 14.5. The van der Waals surface area contributed by atoms with Crippen LogP contribution in [-0.4, -0.2) is 6.54 Å². The molecule has 0 aliphatic rings. The van der Waals surface area contributed by atoms with Crippen LogP contribution in [0, 0.1) is 11.7 Å². The Morgan fingerprint density at radius 2 is 1.60 bits per heavy atom. The molecule has 0 aliphatic heterocycles. The van der Waals surface area contributed by atoms with Gasteiger partial charge in [-0.25, -0.2) is 4.39 Å². The van der Waals surface area contributed by atoms with E-state index in [4.69, 9.17) is 0 Å². The van der Waals surface area contributed by atoms with Crippen LogP contribution in [0.4, 0.5) is 4.39 Å². The molecule has 20 heavy (non-hydrogen) atoms. The van der Waals surface area contributed by atoms with E-state index >= 15 is 0 Å². The van der Waals surface area contributed by atoms with Crippen LogP contribution in [0.15, 0.2) is 36.4 Å². The molecule has 0 radical (unpaired) electrons. The zero-order valence-electron chi connectivity index (χ0n) is 12.6. The summed E-state index contributed by atoms with van der Waals surface area (Å²) in [5, 5.41) is 5.34. The van der Waals surface area contributed by atoms with Gasteiger partial charge in [0.25, 0.3) is 0 Å². The minimum Gasteiger partial charge on any atom is -0.310 e. The van der Waals surface area contributed by atoms with Crippen molar-refractivity contribution in [3.63, 3.8) is 0 Å². The van der Waals surface area contributed by atoms with Crippen LogP contribution in [0.1, 0.15) is 45.2 Å². The molecule has 0 aromatic heterocycles. The summed E-state index contributed by atoms with van der Waals surface area (Å²) >= 11 is 0. The topological polar surface area (TPSA) is 12.0 Å². The molecule has 2 aromatic carbocycles. The van der Waals surface area contributed by atoms with E-state index in [1.807, 2.05) is 30.3 Å². The van der Waals surface area contributed by atoms with Crippen LogP contribution in [0.2, 0.25) is 0 Å². The highest BCUT2D eigenvalue weighted by Crippen LogP contribution is 2.33. The fourth-order valence-electron chi connectivity index (χ4n) is 3.07. The number of benzene rings is 2. The van der Waals surface area contributed by atoms with Crippen molar-refractivity contribution in [1.29, 1.82) is 0 Å². The molecule has 1 N–H and O–H groups in total. The van der Waals surface area contributed by atoms with Gasteiger partial charge >= 0.3 is 0 Å². The van der Waals surface area contributed by atoms with Gasteiger partial charge in [0.2, 0.25) is 0 Å². The Labute approximate surface area is 121 Å². The van der Waals surface area contributed by atoms with E-state index in [-0.39, 0.29) is 5.82 Å². The van der Waals surface area contributed by atoms with Gasteiger partial charge in [0.1, 0.15) is 5.82 Å². The van der Waals surface area contributed by atoms with E-state index in [0.29, 0.717) is 12.0 Å². The first-order valence-electron chi connectivity index (χ1n) is 7.63. The maximum absolute atomic E-state index is 14.0. The highest BCUT2D eigenvalue weighted by molar-refractivity contribution is 5.86. The maximum Gasteiger partial charge on any atom is 0.131 e. The molecule has 0 saturated carbocycles. The Morgan fingerprint density at radius 1 is 0.950 bits per heavy atom. The third-order valence-electron chi connectivity index (χ3n) is 4.18. The van der Waals surface area contributed by atoms with Crippen molar-refractivity contribution in [3.05, 3.63) is 47.8 Å². The van der Waals surface area contributed by atoms with Crippen LogP contribution < -0.4 is 5.32 Å². The third-order valence-corrected chi connectivity index (χ3v) is 4.18. The first-order valence-corrected chi connectivity index (χ1v) is 7.63. The van der Waals surface area contributed by atoms with Gasteiger partial charge in [0.15, 0.2) is 0 Å². The second kappa shape index (κ2) is 6.85. The van der Waals surface area contributed by atoms with E-state index in [1.165, 1.54) is 5.56 Å². The maximum atomic E-state index is 14.0. The first kappa shape index (κ1) is 15.0. The number of rotatable bonds is 6. The Hall–Kier alpha value is -1.41. The van der Waals surface area contributed by atoms with Crippen LogP contribution in [0.25, 0.3) is 10.8 Å². The quantitative estimate of drug-likeness (QED) is 0.775. The Bertz CT molecular complexity index is 560. The smallest absolute Gasteiger partial charge is 0.131 e. The summed E-state index contributed by atoms with van der Waals surface area (Å²) in [6.07, 6.45) is 2.25. The highest BCUT2D eigenvalue weighted by atomic mass is 19.1. The Kier molecular flexibility index (Phi) is 5.13. The van der Waals surface area contributed by atoms with Crippen molar-refractivity contribution >= 4 is 10.8 Å². The Balaban J connectivity index is 2.56. The fraction of sp³-hybridized carbons (Fsp3) is 0.444. The molecule has 2 heteroatoms. The van der Waals surface area contributed by atoms with Crippen LogP contribution in [0.5, 0.6) is 0 Å². The number of nitrogens with one attached hydrogen (secondary N) is 1. The average molecular weight is 273 g/mol. The normalized spacial score (nSPS) is 13.1. The molecule has 0 bridgehead atoms. The summed E-state index contributed by atoms with van der Waals surface area (Å²) in [4.78, 5) is 0. The molecule has 2 aromatic rings. The fourth-order valence-corrected chi connectivity index (χ4v) is 3.07. The third kappa shape index (κ3) is 2.85. The molecule has 0 spiro atoms. The summed E-state index contributed by atoms with van der Waals surface area (Å²) in [6.45, 7) is 7.50. The summed E-state index contributed by atoms with van der Waals surface area (Å²) in [6, 6.07) is 11.6. The van der Waals surface area contributed by atoms with Crippen molar-refractivity contribution < 1.29 is 4.39 Å². The molecule has 108 valence electrons. The molecular weight excluding hydrogens is 249 g/mol. The molecular formula is C18H24FN.